The van der Waals surface area contributed by atoms with Gasteiger partial charge in [-0.3, -0.25) is 14.6 Å². The number of fused-ring (bicyclic) bond motifs is 1. The smallest absolute Gasteiger partial charge is 0.227 e. The van der Waals surface area contributed by atoms with Crippen molar-refractivity contribution >= 4 is 23.1 Å². The van der Waals surface area contributed by atoms with Gasteiger partial charge in [0, 0.05) is 22.7 Å². The van der Waals surface area contributed by atoms with Crippen molar-refractivity contribution in [1.29, 1.82) is 0 Å². The normalized spacial score (nSPS) is 14.4. The summed E-state index contributed by atoms with van der Waals surface area (Å²) < 4.78 is 5.40. The number of Topliss-reactive ketones (excluding diaryl/α,β-unsaturated/α-hetero) is 1. The van der Waals surface area contributed by atoms with Gasteiger partial charge in [-0.15, -0.1) is 0 Å². The zero-order valence-corrected chi connectivity index (χ0v) is 20.5. The molecule has 1 aliphatic heterocycles. The Hall–Kier alpha value is -2.95. The molecule has 33 heavy (non-hydrogen) atoms. The van der Waals surface area contributed by atoms with Crippen LogP contribution in [0.3, 0.4) is 0 Å². The van der Waals surface area contributed by atoms with Gasteiger partial charge in [-0.05, 0) is 62.9 Å². The Morgan fingerprint density at radius 2 is 1.82 bits per heavy atom. The predicted molar refractivity (Wildman–Crippen MR) is 135 cm³/mol. The second-order valence-electron chi connectivity index (χ2n) is 9.52. The van der Waals surface area contributed by atoms with Gasteiger partial charge in [-0.25, -0.2) is 0 Å². The molecule has 0 bridgehead atoms. The molecular weight excluding hydrogens is 412 g/mol. The summed E-state index contributed by atoms with van der Waals surface area (Å²) in [6, 6.07) is 13.2. The highest BCUT2D eigenvalue weighted by Gasteiger charge is 2.28. The first-order valence-electron chi connectivity index (χ1n) is 12.0. The summed E-state index contributed by atoms with van der Waals surface area (Å²) >= 11 is 0. The van der Waals surface area contributed by atoms with Crippen molar-refractivity contribution in [2.75, 3.05) is 12.4 Å². The first-order valence-corrected chi connectivity index (χ1v) is 12.0. The summed E-state index contributed by atoms with van der Waals surface area (Å²) in [5.41, 5.74) is 3.92. The number of nitrogens with one attached hydrogen (secondary N) is 1. The molecule has 0 spiro atoms. The van der Waals surface area contributed by atoms with Gasteiger partial charge in [0.15, 0.2) is 5.78 Å². The standard InChI is InChI=1S/C28H36N2O3/c1-6-9-19(10-7-2)27(32)29-22-12-8-11-20(15-22)26(31)17-25-24-16-23(33-5)14-13-21(24)18-28(3,4)30-25/h8,11-16,19H,6-7,9-10,17-18H2,1-5H3,(H,29,32). The fraction of sp³-hybridized carbons (Fsp3) is 0.464. The van der Waals surface area contributed by atoms with E-state index in [1.165, 1.54) is 5.56 Å². The molecule has 176 valence electrons. The highest BCUT2D eigenvalue weighted by Crippen LogP contribution is 2.31. The van der Waals surface area contributed by atoms with E-state index in [1.54, 1.807) is 19.2 Å². The second-order valence-corrected chi connectivity index (χ2v) is 9.52. The first kappa shape index (κ1) is 24.7. The summed E-state index contributed by atoms with van der Waals surface area (Å²) in [5.74, 6) is 0.773. The molecule has 1 aliphatic rings. The topological polar surface area (TPSA) is 67.8 Å². The molecule has 0 fully saturated rings. The van der Waals surface area contributed by atoms with E-state index < -0.39 is 0 Å². The fourth-order valence-corrected chi connectivity index (χ4v) is 4.54. The molecule has 0 radical (unpaired) electrons. The van der Waals surface area contributed by atoms with Crippen LogP contribution >= 0.6 is 0 Å². The van der Waals surface area contributed by atoms with Crippen LogP contribution in [-0.4, -0.2) is 30.1 Å². The Morgan fingerprint density at radius 3 is 2.48 bits per heavy atom. The summed E-state index contributed by atoms with van der Waals surface area (Å²) in [5, 5.41) is 3.02. The molecule has 3 rings (SSSR count). The van der Waals surface area contributed by atoms with Crippen LogP contribution in [-0.2, 0) is 11.2 Å². The average Bonchev–Trinajstić information content (AvgIpc) is 2.78. The van der Waals surface area contributed by atoms with Crippen molar-refractivity contribution in [3.63, 3.8) is 0 Å². The molecular formula is C28H36N2O3. The predicted octanol–water partition coefficient (Wildman–Crippen LogP) is 6.25. The SMILES string of the molecule is CCCC(CCC)C(=O)Nc1cccc(C(=O)CC2=NC(C)(C)Cc3ccc(OC)cc32)c1. The third-order valence-electron chi connectivity index (χ3n) is 6.11. The number of amides is 1. The number of ether oxygens (including phenoxy) is 1. The lowest BCUT2D eigenvalue weighted by Gasteiger charge is -2.29. The molecule has 0 saturated carbocycles. The van der Waals surface area contributed by atoms with Crippen molar-refractivity contribution in [2.45, 2.75) is 71.8 Å². The Bertz CT molecular complexity index is 1030. The van der Waals surface area contributed by atoms with Gasteiger partial charge >= 0.3 is 0 Å². The summed E-state index contributed by atoms with van der Waals surface area (Å²) in [4.78, 5) is 30.9. The number of carbonyl (C=O) groups excluding carboxylic acids is 2. The molecule has 2 aromatic rings. The van der Waals surface area contributed by atoms with Crippen LogP contribution in [0.5, 0.6) is 5.75 Å². The van der Waals surface area contributed by atoms with Gasteiger partial charge < -0.3 is 10.1 Å². The van der Waals surface area contributed by atoms with E-state index in [0.29, 0.717) is 11.3 Å². The summed E-state index contributed by atoms with van der Waals surface area (Å²) in [6.07, 6.45) is 4.72. The van der Waals surface area contributed by atoms with E-state index in [1.807, 2.05) is 24.3 Å². The Morgan fingerprint density at radius 1 is 1.09 bits per heavy atom. The number of aliphatic imine (C=N–C) groups is 1. The Labute approximate surface area is 197 Å². The molecule has 5 nitrogen and oxygen atoms in total. The third-order valence-corrected chi connectivity index (χ3v) is 6.11. The minimum Gasteiger partial charge on any atom is -0.497 e. The van der Waals surface area contributed by atoms with Gasteiger partial charge in [0.05, 0.1) is 24.8 Å². The maximum atomic E-state index is 13.2. The van der Waals surface area contributed by atoms with E-state index in [9.17, 15) is 9.59 Å². The number of benzene rings is 2. The van der Waals surface area contributed by atoms with Crippen LogP contribution < -0.4 is 10.1 Å². The average molecular weight is 449 g/mol. The van der Waals surface area contributed by atoms with Gasteiger partial charge in [-0.2, -0.15) is 0 Å². The van der Waals surface area contributed by atoms with E-state index in [2.05, 4.69) is 39.1 Å². The van der Waals surface area contributed by atoms with Crippen LogP contribution in [0, 0.1) is 5.92 Å². The minimum absolute atomic E-state index is 0.00432. The molecule has 1 N–H and O–H groups in total. The zero-order chi connectivity index (χ0) is 24.0. The van der Waals surface area contributed by atoms with Crippen LogP contribution in [0.15, 0.2) is 47.5 Å². The molecule has 0 saturated heterocycles. The molecule has 5 heteroatoms. The minimum atomic E-state index is -0.263. The fourth-order valence-electron chi connectivity index (χ4n) is 4.54. The first-order chi connectivity index (χ1) is 15.8. The lowest BCUT2D eigenvalue weighted by Crippen LogP contribution is -2.30. The number of nitrogens with zero attached hydrogens (tertiary/aromatic N) is 1. The monoisotopic (exact) mass is 448 g/mol. The van der Waals surface area contributed by atoms with E-state index >= 15 is 0 Å². The van der Waals surface area contributed by atoms with Gasteiger partial charge in [0.2, 0.25) is 5.91 Å². The van der Waals surface area contributed by atoms with Crippen LogP contribution in [0.25, 0.3) is 0 Å². The third kappa shape index (κ3) is 6.31. The van der Waals surface area contributed by atoms with Crippen molar-refractivity contribution in [1.82, 2.24) is 0 Å². The van der Waals surface area contributed by atoms with E-state index in [-0.39, 0.29) is 29.6 Å². The van der Waals surface area contributed by atoms with E-state index in [0.717, 1.165) is 49.1 Å². The quantitative estimate of drug-likeness (QED) is 0.437. The molecule has 0 aromatic heterocycles. The highest BCUT2D eigenvalue weighted by molar-refractivity contribution is 6.17. The Kier molecular flexibility index (Phi) is 8.06. The number of anilines is 1. The van der Waals surface area contributed by atoms with Crippen molar-refractivity contribution in [2.24, 2.45) is 10.9 Å². The lowest BCUT2D eigenvalue weighted by atomic mass is 9.85. The van der Waals surface area contributed by atoms with Crippen LogP contribution in [0.4, 0.5) is 5.69 Å². The highest BCUT2D eigenvalue weighted by atomic mass is 16.5. The number of rotatable bonds is 10. The molecule has 0 atom stereocenters. The number of methoxy groups -OCH3 is 1. The Balaban J connectivity index is 1.80. The molecule has 0 aliphatic carbocycles. The van der Waals surface area contributed by atoms with Crippen LogP contribution in [0.1, 0.15) is 81.3 Å². The summed E-state index contributed by atoms with van der Waals surface area (Å²) in [6.45, 7) is 8.37. The van der Waals surface area contributed by atoms with Gasteiger partial charge in [0.25, 0.3) is 0 Å². The zero-order valence-electron chi connectivity index (χ0n) is 20.5. The molecule has 1 amide bonds. The number of hydrogen-bond donors (Lipinski definition) is 1. The van der Waals surface area contributed by atoms with E-state index in [4.69, 9.17) is 9.73 Å². The molecule has 0 unspecified atom stereocenters. The number of ketones is 1. The molecule has 2 aromatic carbocycles. The maximum Gasteiger partial charge on any atom is 0.227 e. The lowest BCUT2D eigenvalue weighted by molar-refractivity contribution is -0.120. The molecule has 1 heterocycles. The number of hydrogen-bond acceptors (Lipinski definition) is 4. The van der Waals surface area contributed by atoms with Crippen molar-refractivity contribution in [3.8, 4) is 5.75 Å². The van der Waals surface area contributed by atoms with Gasteiger partial charge in [0.1, 0.15) is 5.75 Å². The second kappa shape index (κ2) is 10.8. The van der Waals surface area contributed by atoms with Crippen molar-refractivity contribution < 1.29 is 14.3 Å². The largest absolute Gasteiger partial charge is 0.497 e. The number of carbonyl (C=O) groups is 2. The summed E-state index contributed by atoms with van der Waals surface area (Å²) in [7, 11) is 1.64. The maximum absolute atomic E-state index is 13.2. The van der Waals surface area contributed by atoms with Gasteiger partial charge in [-0.1, -0.05) is 44.9 Å². The van der Waals surface area contributed by atoms with Crippen LogP contribution in [0.2, 0.25) is 0 Å². The van der Waals surface area contributed by atoms with Crippen molar-refractivity contribution in [3.05, 3.63) is 59.2 Å².